The third-order valence-electron chi connectivity index (χ3n) is 2.93. The van der Waals surface area contributed by atoms with Gasteiger partial charge in [0.05, 0.1) is 6.07 Å². The third kappa shape index (κ3) is 2.68. The van der Waals surface area contributed by atoms with Gasteiger partial charge in [-0.2, -0.15) is 5.26 Å². The van der Waals surface area contributed by atoms with Crippen molar-refractivity contribution in [1.29, 1.82) is 5.26 Å². The largest absolute Gasteiger partial charge is 0.367 e. The highest BCUT2D eigenvalue weighted by Gasteiger charge is 2.31. The monoisotopic (exact) mass is 236 g/mol. The van der Waals surface area contributed by atoms with Gasteiger partial charge in [0.1, 0.15) is 5.54 Å². The van der Waals surface area contributed by atoms with Crippen LogP contribution in [0.15, 0.2) is 24.3 Å². The molecule has 0 aliphatic heterocycles. The summed E-state index contributed by atoms with van der Waals surface area (Å²) in [6.45, 7) is 6.11. The quantitative estimate of drug-likeness (QED) is 0.855. The van der Waals surface area contributed by atoms with Crippen molar-refractivity contribution in [3.63, 3.8) is 0 Å². The number of benzene rings is 1. The Kier molecular flexibility index (Phi) is 4.20. The lowest BCUT2D eigenvalue weighted by molar-refractivity contribution is 0.416. The fourth-order valence-corrected chi connectivity index (χ4v) is 1.89. The summed E-state index contributed by atoms with van der Waals surface area (Å²) in [5.41, 5.74) is 0.370. The highest BCUT2D eigenvalue weighted by molar-refractivity contribution is 6.30. The van der Waals surface area contributed by atoms with Gasteiger partial charge >= 0.3 is 0 Å². The molecule has 3 heteroatoms. The van der Waals surface area contributed by atoms with Gasteiger partial charge in [0.15, 0.2) is 0 Å². The predicted molar refractivity (Wildman–Crippen MR) is 68.5 cm³/mol. The molecule has 1 N–H and O–H groups in total. The van der Waals surface area contributed by atoms with E-state index in [9.17, 15) is 5.26 Å². The Morgan fingerprint density at radius 2 is 2.19 bits per heavy atom. The molecule has 0 saturated carbocycles. The molecule has 1 atom stereocenters. The highest BCUT2D eigenvalue weighted by Crippen LogP contribution is 2.27. The molecular formula is C13H17ClN2. The number of hydrogen-bond acceptors (Lipinski definition) is 2. The summed E-state index contributed by atoms with van der Waals surface area (Å²) in [6.07, 6.45) is 0.758. The molecule has 0 amide bonds. The first-order chi connectivity index (χ1) is 7.54. The van der Waals surface area contributed by atoms with Crippen LogP contribution in [0.25, 0.3) is 0 Å². The minimum absolute atomic E-state index is 0.237. The van der Waals surface area contributed by atoms with Crippen LogP contribution in [-0.2, 0) is 0 Å². The van der Waals surface area contributed by atoms with Crippen molar-refractivity contribution in [2.45, 2.75) is 32.7 Å². The second-order valence-electron chi connectivity index (χ2n) is 4.23. The van der Waals surface area contributed by atoms with Crippen LogP contribution in [0.1, 0.15) is 27.2 Å². The molecule has 0 fully saturated rings. The van der Waals surface area contributed by atoms with Crippen LogP contribution in [0.2, 0.25) is 5.02 Å². The molecule has 0 heterocycles. The van der Waals surface area contributed by atoms with Crippen LogP contribution < -0.4 is 5.32 Å². The van der Waals surface area contributed by atoms with E-state index in [1.54, 1.807) is 0 Å². The number of rotatable bonds is 4. The van der Waals surface area contributed by atoms with Crippen LogP contribution in [-0.4, -0.2) is 5.54 Å². The summed E-state index contributed by atoms with van der Waals surface area (Å²) < 4.78 is 0. The molecule has 0 bridgehead atoms. The Morgan fingerprint density at radius 3 is 2.62 bits per heavy atom. The molecular weight excluding hydrogens is 220 g/mol. The van der Waals surface area contributed by atoms with Gasteiger partial charge in [-0.1, -0.05) is 38.4 Å². The zero-order chi connectivity index (χ0) is 12.2. The highest BCUT2D eigenvalue weighted by atomic mass is 35.5. The maximum Gasteiger partial charge on any atom is 0.127 e. The Labute approximate surface area is 102 Å². The minimum Gasteiger partial charge on any atom is -0.367 e. The molecule has 1 aromatic carbocycles. The SMILES string of the molecule is CCC(C#N)(Nc1cccc(Cl)c1)C(C)C. The molecule has 2 nitrogen and oxygen atoms in total. The molecule has 0 aliphatic rings. The minimum atomic E-state index is -0.523. The third-order valence-corrected chi connectivity index (χ3v) is 3.17. The molecule has 1 rings (SSSR count). The van der Waals surface area contributed by atoms with Gasteiger partial charge in [-0.25, -0.2) is 0 Å². The Hall–Kier alpha value is -1.20. The number of hydrogen-bond donors (Lipinski definition) is 1. The maximum absolute atomic E-state index is 9.33. The van der Waals surface area contributed by atoms with E-state index in [4.69, 9.17) is 11.6 Å². The topological polar surface area (TPSA) is 35.8 Å². The molecule has 86 valence electrons. The van der Waals surface area contributed by atoms with Gasteiger partial charge in [-0.3, -0.25) is 0 Å². The van der Waals surface area contributed by atoms with Crippen molar-refractivity contribution in [2.24, 2.45) is 5.92 Å². The predicted octanol–water partition coefficient (Wildman–Crippen LogP) is 4.08. The molecule has 0 saturated heterocycles. The van der Waals surface area contributed by atoms with E-state index in [1.165, 1.54) is 0 Å². The molecule has 1 unspecified atom stereocenters. The van der Waals surface area contributed by atoms with Crippen molar-refractivity contribution >= 4 is 17.3 Å². The first-order valence-corrected chi connectivity index (χ1v) is 5.87. The first-order valence-electron chi connectivity index (χ1n) is 5.49. The van der Waals surface area contributed by atoms with Crippen molar-refractivity contribution in [3.8, 4) is 6.07 Å². The average molecular weight is 237 g/mol. The van der Waals surface area contributed by atoms with E-state index in [2.05, 4.69) is 11.4 Å². The second-order valence-corrected chi connectivity index (χ2v) is 4.66. The summed E-state index contributed by atoms with van der Waals surface area (Å²) in [6, 6.07) is 9.84. The Bertz CT molecular complexity index is 395. The van der Waals surface area contributed by atoms with Gasteiger partial charge < -0.3 is 5.32 Å². The first kappa shape index (κ1) is 12.9. The van der Waals surface area contributed by atoms with E-state index in [-0.39, 0.29) is 5.92 Å². The second kappa shape index (κ2) is 5.23. The molecule has 16 heavy (non-hydrogen) atoms. The molecule has 1 aromatic rings. The van der Waals surface area contributed by atoms with Crippen molar-refractivity contribution in [2.75, 3.05) is 5.32 Å². The molecule has 0 aliphatic carbocycles. The van der Waals surface area contributed by atoms with Gasteiger partial charge in [0, 0.05) is 10.7 Å². The van der Waals surface area contributed by atoms with Crippen molar-refractivity contribution in [3.05, 3.63) is 29.3 Å². The number of nitrogens with one attached hydrogen (secondary N) is 1. The summed E-state index contributed by atoms with van der Waals surface area (Å²) in [5.74, 6) is 0.237. The zero-order valence-electron chi connectivity index (χ0n) is 9.92. The molecule has 0 aromatic heterocycles. The molecule has 0 radical (unpaired) electrons. The van der Waals surface area contributed by atoms with E-state index in [0.29, 0.717) is 5.02 Å². The maximum atomic E-state index is 9.33. The lowest BCUT2D eigenvalue weighted by Crippen LogP contribution is -2.41. The fourth-order valence-electron chi connectivity index (χ4n) is 1.70. The van der Waals surface area contributed by atoms with Crippen LogP contribution >= 0.6 is 11.6 Å². The van der Waals surface area contributed by atoms with Crippen molar-refractivity contribution in [1.82, 2.24) is 0 Å². The lowest BCUT2D eigenvalue weighted by atomic mass is 9.85. The number of nitrogens with zero attached hydrogens (tertiary/aromatic N) is 1. The van der Waals surface area contributed by atoms with Gasteiger partial charge in [0.2, 0.25) is 0 Å². The summed E-state index contributed by atoms with van der Waals surface area (Å²) in [7, 11) is 0. The fraction of sp³-hybridized carbons (Fsp3) is 0.462. The number of halogens is 1. The molecule has 0 spiro atoms. The summed E-state index contributed by atoms with van der Waals surface area (Å²) >= 11 is 5.92. The van der Waals surface area contributed by atoms with Crippen LogP contribution in [0.4, 0.5) is 5.69 Å². The van der Waals surface area contributed by atoms with E-state index in [0.717, 1.165) is 12.1 Å². The summed E-state index contributed by atoms with van der Waals surface area (Å²) in [5, 5.41) is 13.3. The van der Waals surface area contributed by atoms with Gasteiger partial charge in [-0.15, -0.1) is 0 Å². The smallest absolute Gasteiger partial charge is 0.127 e. The Morgan fingerprint density at radius 1 is 1.50 bits per heavy atom. The average Bonchev–Trinajstić information content (AvgIpc) is 2.25. The summed E-state index contributed by atoms with van der Waals surface area (Å²) in [4.78, 5) is 0. The van der Waals surface area contributed by atoms with Crippen molar-refractivity contribution < 1.29 is 0 Å². The van der Waals surface area contributed by atoms with Gasteiger partial charge in [0.25, 0.3) is 0 Å². The lowest BCUT2D eigenvalue weighted by Gasteiger charge is -2.31. The van der Waals surface area contributed by atoms with Crippen LogP contribution in [0.5, 0.6) is 0 Å². The number of nitriles is 1. The van der Waals surface area contributed by atoms with E-state index >= 15 is 0 Å². The van der Waals surface area contributed by atoms with E-state index in [1.807, 2.05) is 45.0 Å². The van der Waals surface area contributed by atoms with Gasteiger partial charge in [-0.05, 0) is 30.5 Å². The van der Waals surface area contributed by atoms with E-state index < -0.39 is 5.54 Å². The number of anilines is 1. The standard InChI is InChI=1S/C13H17ClN2/c1-4-13(9-15,10(2)3)16-12-7-5-6-11(14)8-12/h5-8,10,16H,4H2,1-3H3. The van der Waals surface area contributed by atoms with Crippen LogP contribution in [0.3, 0.4) is 0 Å². The zero-order valence-corrected chi connectivity index (χ0v) is 10.7. The normalized spacial score (nSPS) is 14.2. The van der Waals surface area contributed by atoms with Crippen LogP contribution in [0, 0.1) is 17.2 Å². The Balaban J connectivity index is 2.97.